The van der Waals surface area contributed by atoms with Crippen LogP contribution in [0, 0.1) is 0 Å². The molecule has 0 aliphatic heterocycles. The number of pyridine rings is 1. The zero-order valence-corrected chi connectivity index (χ0v) is 17.9. The Labute approximate surface area is 183 Å². The van der Waals surface area contributed by atoms with Crippen molar-refractivity contribution < 1.29 is 0 Å². The number of aromatic amines is 1. The first kappa shape index (κ1) is 19.4. The number of H-pyrrole nitrogens is 1. The standard InChI is InChI=1S/C28H27N3/c1-2-22-18-28(25-11-4-6-13-27(25)30-22)31-23-16-14-20(15-17-23)8-7-9-21-19-29-26-12-5-3-10-24(21)26/h3-6,10-19,29H,2,7-9H2,1H3,(H,30,31). The Morgan fingerprint density at radius 3 is 2.45 bits per heavy atom. The van der Waals surface area contributed by atoms with Crippen LogP contribution in [0.5, 0.6) is 0 Å². The summed E-state index contributed by atoms with van der Waals surface area (Å²) in [6.45, 7) is 2.14. The third kappa shape index (κ3) is 4.17. The summed E-state index contributed by atoms with van der Waals surface area (Å²) >= 11 is 0. The van der Waals surface area contributed by atoms with E-state index < -0.39 is 0 Å². The van der Waals surface area contributed by atoms with Gasteiger partial charge in [-0.2, -0.15) is 0 Å². The first-order chi connectivity index (χ1) is 15.3. The number of nitrogens with zero attached hydrogens (tertiary/aromatic N) is 1. The molecule has 3 aromatic carbocycles. The minimum Gasteiger partial charge on any atom is -0.361 e. The highest BCUT2D eigenvalue weighted by Crippen LogP contribution is 2.27. The number of nitrogens with one attached hydrogen (secondary N) is 2. The van der Waals surface area contributed by atoms with E-state index >= 15 is 0 Å². The number of benzene rings is 3. The second kappa shape index (κ2) is 8.65. The number of fused-ring (bicyclic) bond motifs is 2. The van der Waals surface area contributed by atoms with Crippen LogP contribution in [0.25, 0.3) is 21.8 Å². The van der Waals surface area contributed by atoms with Gasteiger partial charge in [-0.05, 0) is 67.1 Å². The van der Waals surface area contributed by atoms with E-state index in [2.05, 4.69) is 96.2 Å². The predicted octanol–water partition coefficient (Wildman–Crippen LogP) is 7.20. The average Bonchev–Trinajstić information content (AvgIpc) is 3.23. The molecule has 0 aliphatic rings. The minimum absolute atomic E-state index is 0.925. The third-order valence-electron chi connectivity index (χ3n) is 5.95. The molecule has 5 aromatic rings. The summed E-state index contributed by atoms with van der Waals surface area (Å²) in [5.74, 6) is 0. The predicted molar refractivity (Wildman–Crippen MR) is 131 cm³/mol. The zero-order chi connectivity index (χ0) is 21.0. The SMILES string of the molecule is CCc1cc(Nc2ccc(CCCc3c[nH]c4ccccc34)cc2)c2ccccc2n1. The van der Waals surface area contributed by atoms with Crippen LogP contribution in [-0.4, -0.2) is 9.97 Å². The van der Waals surface area contributed by atoms with Crippen molar-refractivity contribution in [3.8, 4) is 0 Å². The lowest BCUT2D eigenvalue weighted by molar-refractivity contribution is 0.825. The van der Waals surface area contributed by atoms with Crippen LogP contribution < -0.4 is 5.32 Å². The van der Waals surface area contributed by atoms with Gasteiger partial charge in [0.25, 0.3) is 0 Å². The molecule has 3 nitrogen and oxygen atoms in total. The van der Waals surface area contributed by atoms with Crippen molar-refractivity contribution in [2.45, 2.75) is 32.6 Å². The van der Waals surface area contributed by atoms with E-state index in [9.17, 15) is 0 Å². The van der Waals surface area contributed by atoms with Crippen molar-refractivity contribution in [1.29, 1.82) is 0 Å². The highest BCUT2D eigenvalue weighted by atomic mass is 14.9. The Morgan fingerprint density at radius 2 is 1.61 bits per heavy atom. The number of hydrogen-bond acceptors (Lipinski definition) is 2. The minimum atomic E-state index is 0.925. The Bertz CT molecular complexity index is 1320. The summed E-state index contributed by atoms with van der Waals surface area (Å²) in [4.78, 5) is 8.12. The van der Waals surface area contributed by atoms with Gasteiger partial charge >= 0.3 is 0 Å². The molecular formula is C28H27N3. The molecule has 0 amide bonds. The van der Waals surface area contributed by atoms with Crippen molar-refractivity contribution in [1.82, 2.24) is 9.97 Å². The molecule has 0 bridgehead atoms. The van der Waals surface area contributed by atoms with Gasteiger partial charge in [-0.1, -0.05) is 55.5 Å². The number of para-hydroxylation sites is 2. The van der Waals surface area contributed by atoms with E-state index in [1.807, 2.05) is 6.07 Å². The van der Waals surface area contributed by atoms with Crippen molar-refractivity contribution in [3.05, 3.63) is 102 Å². The molecule has 0 aliphatic carbocycles. The van der Waals surface area contributed by atoms with E-state index in [1.54, 1.807) is 0 Å². The smallest absolute Gasteiger partial charge is 0.0726 e. The molecule has 0 fully saturated rings. The summed E-state index contributed by atoms with van der Waals surface area (Å²) in [5.41, 5.74) is 8.38. The molecule has 5 rings (SSSR count). The maximum Gasteiger partial charge on any atom is 0.0726 e. The lowest BCUT2D eigenvalue weighted by Gasteiger charge is -2.12. The van der Waals surface area contributed by atoms with Crippen LogP contribution in [-0.2, 0) is 19.3 Å². The summed E-state index contributed by atoms with van der Waals surface area (Å²) in [5, 5.41) is 6.10. The molecule has 0 saturated carbocycles. The van der Waals surface area contributed by atoms with Crippen molar-refractivity contribution >= 4 is 33.2 Å². The molecular weight excluding hydrogens is 378 g/mol. The monoisotopic (exact) mass is 405 g/mol. The molecule has 31 heavy (non-hydrogen) atoms. The van der Waals surface area contributed by atoms with Gasteiger partial charge in [-0.15, -0.1) is 0 Å². The number of hydrogen-bond donors (Lipinski definition) is 2. The van der Waals surface area contributed by atoms with Gasteiger partial charge in [0.1, 0.15) is 0 Å². The maximum absolute atomic E-state index is 4.74. The van der Waals surface area contributed by atoms with Crippen LogP contribution >= 0.6 is 0 Å². The Kier molecular flexibility index (Phi) is 5.40. The van der Waals surface area contributed by atoms with Gasteiger partial charge in [-0.3, -0.25) is 4.98 Å². The van der Waals surface area contributed by atoms with E-state index in [-0.39, 0.29) is 0 Å². The van der Waals surface area contributed by atoms with Crippen molar-refractivity contribution in [3.63, 3.8) is 0 Å². The van der Waals surface area contributed by atoms with Crippen LogP contribution in [0.4, 0.5) is 11.4 Å². The molecule has 2 heterocycles. The summed E-state index contributed by atoms with van der Waals surface area (Å²) in [6, 6.07) is 27.9. The van der Waals surface area contributed by atoms with Gasteiger partial charge < -0.3 is 10.3 Å². The second-order valence-electron chi connectivity index (χ2n) is 8.07. The normalized spacial score (nSPS) is 11.3. The Balaban J connectivity index is 1.26. The molecule has 0 spiro atoms. The van der Waals surface area contributed by atoms with E-state index in [0.29, 0.717) is 0 Å². The Hall–Kier alpha value is -3.59. The van der Waals surface area contributed by atoms with E-state index in [0.717, 1.165) is 53.7 Å². The second-order valence-corrected chi connectivity index (χ2v) is 8.07. The molecule has 0 atom stereocenters. The quantitative estimate of drug-likeness (QED) is 0.301. The molecule has 0 radical (unpaired) electrons. The van der Waals surface area contributed by atoms with Crippen LogP contribution in [0.2, 0.25) is 0 Å². The average molecular weight is 406 g/mol. The zero-order valence-electron chi connectivity index (χ0n) is 17.9. The van der Waals surface area contributed by atoms with Gasteiger partial charge in [-0.25, -0.2) is 0 Å². The summed E-state index contributed by atoms with van der Waals surface area (Å²) in [6.07, 6.45) is 6.39. The highest BCUT2D eigenvalue weighted by molar-refractivity contribution is 5.93. The van der Waals surface area contributed by atoms with E-state index in [4.69, 9.17) is 4.98 Å². The lowest BCUT2D eigenvalue weighted by atomic mass is 10.0. The van der Waals surface area contributed by atoms with Crippen LogP contribution in [0.3, 0.4) is 0 Å². The van der Waals surface area contributed by atoms with Crippen molar-refractivity contribution in [2.24, 2.45) is 0 Å². The Morgan fingerprint density at radius 1 is 0.839 bits per heavy atom. The molecule has 154 valence electrons. The number of anilines is 2. The maximum atomic E-state index is 4.74. The van der Waals surface area contributed by atoms with Crippen LogP contribution in [0.15, 0.2) is 85.1 Å². The molecule has 3 heteroatoms. The fourth-order valence-corrected chi connectivity index (χ4v) is 4.25. The molecule has 2 aromatic heterocycles. The summed E-state index contributed by atoms with van der Waals surface area (Å²) in [7, 11) is 0. The van der Waals surface area contributed by atoms with Gasteiger partial charge in [0.15, 0.2) is 0 Å². The van der Waals surface area contributed by atoms with Crippen LogP contribution in [0.1, 0.15) is 30.2 Å². The van der Waals surface area contributed by atoms with Crippen molar-refractivity contribution in [2.75, 3.05) is 5.32 Å². The largest absolute Gasteiger partial charge is 0.361 e. The first-order valence-corrected chi connectivity index (χ1v) is 11.1. The molecule has 2 N–H and O–H groups in total. The number of rotatable bonds is 7. The fraction of sp³-hybridized carbons (Fsp3) is 0.179. The van der Waals surface area contributed by atoms with E-state index in [1.165, 1.54) is 22.0 Å². The van der Waals surface area contributed by atoms with Gasteiger partial charge in [0, 0.05) is 39.6 Å². The summed E-state index contributed by atoms with van der Waals surface area (Å²) < 4.78 is 0. The molecule has 0 saturated heterocycles. The fourth-order valence-electron chi connectivity index (χ4n) is 4.25. The number of aromatic nitrogens is 2. The molecule has 0 unspecified atom stereocenters. The third-order valence-corrected chi connectivity index (χ3v) is 5.95. The topological polar surface area (TPSA) is 40.7 Å². The van der Waals surface area contributed by atoms with Gasteiger partial charge in [0.05, 0.1) is 5.52 Å². The number of aryl methyl sites for hydroxylation is 3. The lowest BCUT2D eigenvalue weighted by Crippen LogP contribution is -1.97. The van der Waals surface area contributed by atoms with Gasteiger partial charge in [0.2, 0.25) is 0 Å². The highest BCUT2D eigenvalue weighted by Gasteiger charge is 2.06. The first-order valence-electron chi connectivity index (χ1n) is 11.1.